The number of rotatable bonds is 4. The van der Waals surface area contributed by atoms with E-state index in [1.54, 1.807) is 0 Å². The van der Waals surface area contributed by atoms with Crippen molar-refractivity contribution in [3.05, 3.63) is 0 Å². The van der Waals surface area contributed by atoms with Crippen LogP contribution >= 0.6 is 0 Å². The molecule has 0 aromatic heterocycles. The highest BCUT2D eigenvalue weighted by Crippen LogP contribution is 1.92. The molecule has 0 aromatic rings. The maximum Gasteiger partial charge on any atom is 0.309 e. The summed E-state index contributed by atoms with van der Waals surface area (Å²) in [6.45, 7) is 0.690. The highest BCUT2D eigenvalue weighted by Gasteiger charge is 2.08. The van der Waals surface area contributed by atoms with Crippen LogP contribution in [0.3, 0.4) is 0 Å². The van der Waals surface area contributed by atoms with Crippen LogP contribution in [0.2, 0.25) is 0 Å². The van der Waals surface area contributed by atoms with E-state index in [1.165, 1.54) is 0 Å². The summed E-state index contributed by atoms with van der Waals surface area (Å²) in [4.78, 5) is 10.0. The Morgan fingerprint density at radius 3 is 1.93 bits per heavy atom. The Bertz CT molecular complexity index is 189. The normalized spacial score (nSPS) is 12.6. The predicted molar refractivity (Wildman–Crippen MR) is 45.2 cm³/mol. The molecule has 1 atom stereocenters. The highest BCUT2D eigenvalue weighted by molar-refractivity contribution is 7.73. The second-order valence-electron chi connectivity index (χ2n) is 3.43. The third-order valence-corrected chi connectivity index (χ3v) is 1.16. The zero-order valence-corrected chi connectivity index (χ0v) is 9.07. The van der Waals surface area contributed by atoms with Crippen molar-refractivity contribution in [2.24, 2.45) is 0 Å². The van der Waals surface area contributed by atoms with Crippen molar-refractivity contribution in [3.8, 4) is 0 Å². The van der Waals surface area contributed by atoms with E-state index in [-0.39, 0.29) is 6.42 Å². The minimum Gasteiger partial charge on any atom is -0.750 e. The number of carboxylic acids is 1. The Kier molecular flexibility index (Phi) is 8.89. The van der Waals surface area contributed by atoms with Gasteiger partial charge in [-0.25, -0.2) is 4.21 Å². The molecular weight excluding hydrogens is 214 g/mol. The largest absolute Gasteiger partial charge is 0.750 e. The van der Waals surface area contributed by atoms with Crippen LogP contribution in [0.25, 0.3) is 0 Å². The summed E-state index contributed by atoms with van der Waals surface area (Å²) in [5.41, 5.74) is 0. The van der Waals surface area contributed by atoms with Gasteiger partial charge in [0, 0.05) is 0 Å². The van der Waals surface area contributed by atoms with Crippen molar-refractivity contribution in [3.63, 3.8) is 0 Å². The molecule has 0 aliphatic heterocycles. The Balaban J connectivity index is 0. The summed E-state index contributed by atoms with van der Waals surface area (Å²) in [6.07, 6.45) is 0.253. The van der Waals surface area contributed by atoms with Gasteiger partial charge >= 0.3 is 5.97 Å². The lowest BCUT2D eigenvalue weighted by Crippen LogP contribution is -2.36. The smallest absolute Gasteiger partial charge is 0.309 e. The molecule has 0 saturated carbocycles. The Hall–Kier alpha value is -0.540. The average Bonchev–Trinajstić information content (AvgIpc) is 2.01. The summed E-state index contributed by atoms with van der Waals surface area (Å²) in [6, 6.07) is 0. The predicted octanol–water partition coefficient (Wildman–Crippen LogP) is -1.76. The average molecular weight is 228 g/mol. The highest BCUT2D eigenvalue weighted by atomic mass is 32.2. The van der Waals surface area contributed by atoms with Crippen molar-refractivity contribution in [1.82, 2.24) is 0 Å². The second-order valence-corrected chi connectivity index (χ2v) is 3.97. The monoisotopic (exact) mass is 228 g/mol. The molecule has 7 nitrogen and oxygen atoms in total. The van der Waals surface area contributed by atoms with Gasteiger partial charge in [-0.2, -0.15) is 0 Å². The molecule has 14 heavy (non-hydrogen) atoms. The van der Waals surface area contributed by atoms with Crippen molar-refractivity contribution >= 4 is 17.3 Å². The number of hydrogen-bond acceptors (Lipinski definition) is 5. The number of carboxylic acid groups (broad SMARTS) is 1. The second kappa shape index (κ2) is 7.83. The van der Waals surface area contributed by atoms with Crippen molar-refractivity contribution in [2.75, 3.05) is 27.7 Å². The van der Waals surface area contributed by atoms with Gasteiger partial charge in [-0.05, 0) is 0 Å². The third kappa shape index (κ3) is 22.5. The van der Waals surface area contributed by atoms with E-state index in [0.29, 0.717) is 11.0 Å². The van der Waals surface area contributed by atoms with Crippen LogP contribution in [-0.4, -0.2) is 52.0 Å². The van der Waals surface area contributed by atoms with Gasteiger partial charge in [0.15, 0.2) is 0 Å². The van der Waals surface area contributed by atoms with Gasteiger partial charge in [0.05, 0.1) is 45.5 Å². The molecule has 8 heteroatoms. The van der Waals surface area contributed by atoms with E-state index >= 15 is 0 Å². The summed E-state index contributed by atoms with van der Waals surface area (Å²) in [5.74, 6) is -0.719. The van der Waals surface area contributed by atoms with Crippen LogP contribution in [0.1, 0.15) is 6.42 Å². The molecule has 1 unspecified atom stereocenters. The molecule has 0 rings (SSSR count). The number of carbonyl (C=O) groups is 1. The first-order chi connectivity index (χ1) is 6.19. The van der Waals surface area contributed by atoms with E-state index < -0.39 is 17.3 Å². The van der Waals surface area contributed by atoms with Crippen molar-refractivity contribution in [1.29, 1.82) is 0 Å². The van der Waals surface area contributed by atoms with Crippen LogP contribution in [-0.2, 0) is 20.5 Å². The van der Waals surface area contributed by atoms with Gasteiger partial charge in [0.2, 0.25) is 0 Å². The first-order valence-corrected chi connectivity index (χ1v) is 4.61. The van der Waals surface area contributed by atoms with Crippen LogP contribution in [0, 0.1) is 0 Å². The van der Waals surface area contributed by atoms with E-state index in [1.807, 2.05) is 21.1 Å². The Morgan fingerprint density at radius 1 is 1.50 bits per heavy atom. The standard InChI is InChI=1S/C6H13NO2.H2O4S/c1-7(2,3)5-4-6(8)9;1-4-5(2)3/h4-5H2,1-3H3;1H,(H,2,3)/p-1. The number of nitrogens with zero attached hydrogens (tertiary/aromatic N) is 1. The summed E-state index contributed by atoms with van der Waals surface area (Å²) < 4.78 is 20.8. The third-order valence-electron chi connectivity index (χ3n) is 1.05. The lowest BCUT2D eigenvalue weighted by atomic mass is 10.4. The molecule has 0 fully saturated rings. The van der Waals surface area contributed by atoms with E-state index in [2.05, 4.69) is 4.33 Å². The molecule has 0 amide bonds. The molecule has 86 valence electrons. The quantitative estimate of drug-likeness (QED) is 0.264. The molecule has 1 N–H and O–H groups in total. The van der Waals surface area contributed by atoms with Gasteiger partial charge < -0.3 is 23.7 Å². The fraction of sp³-hybridized carbons (Fsp3) is 0.833. The van der Waals surface area contributed by atoms with Gasteiger partial charge in [-0.1, -0.05) is 0 Å². The number of hydrogen-bond donors (Lipinski definition) is 1. The van der Waals surface area contributed by atoms with Gasteiger partial charge in [-0.3, -0.25) is 4.79 Å². The molecule has 0 saturated heterocycles. The SMILES string of the molecule is C[N+](C)(C)CCC(=O)O.O=S([O-])O[O-]. The number of quaternary nitrogens is 1. The van der Waals surface area contributed by atoms with Gasteiger partial charge in [0.1, 0.15) is 0 Å². The van der Waals surface area contributed by atoms with Gasteiger partial charge in [-0.15, -0.1) is 0 Å². The fourth-order valence-corrected chi connectivity index (χ4v) is 0.431. The van der Waals surface area contributed by atoms with E-state index in [9.17, 15) is 4.79 Å². The first-order valence-electron chi connectivity index (χ1n) is 3.61. The van der Waals surface area contributed by atoms with E-state index in [4.69, 9.17) is 19.1 Å². The molecule has 0 radical (unpaired) electrons. The fourth-order valence-electron chi connectivity index (χ4n) is 0.431. The first kappa shape index (κ1) is 15.9. The molecular formula is C6H14NO6S-. The maximum absolute atomic E-state index is 10.0. The Labute approximate surface area is 84.9 Å². The van der Waals surface area contributed by atoms with E-state index in [0.717, 1.165) is 0 Å². The topological polar surface area (TPSA) is 110 Å². The summed E-state index contributed by atoms with van der Waals surface area (Å²) in [5, 5.41) is 16.8. The molecule has 0 spiro atoms. The minimum atomic E-state index is -2.88. The lowest BCUT2D eigenvalue weighted by Gasteiger charge is -2.22. The summed E-state index contributed by atoms with van der Waals surface area (Å²) >= 11 is -2.88. The zero-order valence-electron chi connectivity index (χ0n) is 8.26. The van der Waals surface area contributed by atoms with Crippen LogP contribution < -0.4 is 5.26 Å². The Morgan fingerprint density at radius 2 is 1.86 bits per heavy atom. The van der Waals surface area contributed by atoms with Crippen LogP contribution in [0.15, 0.2) is 0 Å². The summed E-state index contributed by atoms with van der Waals surface area (Å²) in [7, 11) is 5.93. The lowest BCUT2D eigenvalue weighted by molar-refractivity contribution is -0.869. The molecule has 0 aromatic carbocycles. The minimum absolute atomic E-state index is 0.253. The van der Waals surface area contributed by atoms with Gasteiger partial charge in [0.25, 0.3) is 0 Å². The van der Waals surface area contributed by atoms with Crippen molar-refractivity contribution < 1.29 is 32.7 Å². The molecule has 0 heterocycles. The molecule has 0 bridgehead atoms. The number of aliphatic carboxylic acids is 1. The molecule has 0 aliphatic carbocycles. The maximum atomic E-state index is 10.0. The molecule has 0 aliphatic rings. The van der Waals surface area contributed by atoms with Crippen LogP contribution in [0.5, 0.6) is 0 Å². The van der Waals surface area contributed by atoms with Crippen molar-refractivity contribution in [2.45, 2.75) is 6.42 Å². The van der Waals surface area contributed by atoms with Crippen LogP contribution in [0.4, 0.5) is 0 Å². The zero-order chi connectivity index (χ0) is 11.8.